The number of hydrogen-bond acceptors (Lipinski definition) is 6. The number of piperidine rings is 1. The number of benzene rings is 1. The van der Waals surface area contributed by atoms with Gasteiger partial charge in [-0.15, -0.1) is 11.3 Å². The highest BCUT2D eigenvalue weighted by Gasteiger charge is 2.26. The second-order valence-corrected chi connectivity index (χ2v) is 9.99. The predicted molar refractivity (Wildman–Crippen MR) is 138 cm³/mol. The van der Waals surface area contributed by atoms with Crippen molar-refractivity contribution in [3.8, 4) is 22.5 Å². The number of nitrogens with zero attached hydrogens (tertiary/aromatic N) is 5. The predicted octanol–water partition coefficient (Wildman–Crippen LogP) is 5.89. The molecule has 180 valence electrons. The number of thiazole rings is 1. The topological polar surface area (TPSA) is 77.1 Å². The molecule has 0 atom stereocenters. The van der Waals surface area contributed by atoms with E-state index >= 15 is 0 Å². The van der Waals surface area contributed by atoms with Gasteiger partial charge in [-0.1, -0.05) is 47.1 Å². The Hall–Kier alpha value is -3.23. The van der Waals surface area contributed by atoms with Gasteiger partial charge in [-0.2, -0.15) is 5.10 Å². The van der Waals surface area contributed by atoms with Crippen LogP contribution in [0.1, 0.15) is 40.8 Å². The molecule has 0 aliphatic carbocycles. The number of likely N-dealkylation sites (tertiary alicyclic amines) is 1. The SMILES string of the molecule is Cc1nn(C)c(Cl)c1C=CC(=O)N1CCC(c2nc(-c3c(-c4ccccc4)noc3C)cs2)CC1. The summed E-state index contributed by atoms with van der Waals surface area (Å²) < 4.78 is 7.13. The number of aromatic nitrogens is 4. The monoisotopic (exact) mass is 507 g/mol. The lowest BCUT2D eigenvalue weighted by molar-refractivity contribution is -0.126. The Morgan fingerprint density at radius 1 is 1.20 bits per heavy atom. The Balaban J connectivity index is 1.26. The van der Waals surface area contributed by atoms with E-state index in [1.54, 1.807) is 35.2 Å². The molecule has 1 aromatic carbocycles. The second-order valence-electron chi connectivity index (χ2n) is 8.75. The van der Waals surface area contributed by atoms with E-state index in [2.05, 4.69) is 15.6 Å². The highest BCUT2D eigenvalue weighted by atomic mass is 35.5. The van der Waals surface area contributed by atoms with E-state index in [9.17, 15) is 4.79 Å². The van der Waals surface area contributed by atoms with Gasteiger partial charge in [-0.3, -0.25) is 9.48 Å². The van der Waals surface area contributed by atoms with Crippen molar-refractivity contribution in [3.63, 3.8) is 0 Å². The van der Waals surface area contributed by atoms with Crippen LogP contribution in [0, 0.1) is 13.8 Å². The summed E-state index contributed by atoms with van der Waals surface area (Å²) in [6, 6.07) is 10.0. The first kappa shape index (κ1) is 23.5. The molecule has 35 heavy (non-hydrogen) atoms. The Bertz CT molecular complexity index is 1380. The average molecular weight is 508 g/mol. The van der Waals surface area contributed by atoms with Crippen molar-refractivity contribution in [1.82, 2.24) is 24.8 Å². The van der Waals surface area contributed by atoms with Crippen LogP contribution in [-0.2, 0) is 11.8 Å². The number of carbonyl (C=O) groups excluding carboxylic acids is 1. The van der Waals surface area contributed by atoms with Crippen LogP contribution >= 0.6 is 22.9 Å². The van der Waals surface area contributed by atoms with Gasteiger partial charge in [0.1, 0.15) is 16.6 Å². The van der Waals surface area contributed by atoms with Gasteiger partial charge in [0.25, 0.3) is 0 Å². The summed E-state index contributed by atoms with van der Waals surface area (Å²) >= 11 is 7.94. The highest BCUT2D eigenvalue weighted by Crippen LogP contribution is 2.38. The maximum atomic E-state index is 12.8. The minimum Gasteiger partial charge on any atom is -0.360 e. The zero-order chi connectivity index (χ0) is 24.5. The number of halogens is 1. The van der Waals surface area contributed by atoms with Crippen molar-refractivity contribution in [2.24, 2.45) is 7.05 Å². The van der Waals surface area contributed by atoms with E-state index in [0.29, 0.717) is 24.2 Å². The summed E-state index contributed by atoms with van der Waals surface area (Å²) in [5.41, 5.74) is 5.26. The quantitative estimate of drug-likeness (QED) is 0.315. The van der Waals surface area contributed by atoms with Crippen LogP contribution in [-0.4, -0.2) is 43.8 Å². The zero-order valence-corrected chi connectivity index (χ0v) is 21.4. The molecule has 1 fully saturated rings. The molecule has 1 aliphatic rings. The number of carbonyl (C=O) groups is 1. The Morgan fingerprint density at radius 2 is 1.94 bits per heavy atom. The lowest BCUT2D eigenvalue weighted by atomic mass is 9.97. The van der Waals surface area contributed by atoms with E-state index in [-0.39, 0.29) is 5.91 Å². The van der Waals surface area contributed by atoms with Gasteiger partial charge in [0, 0.05) is 48.6 Å². The van der Waals surface area contributed by atoms with Gasteiger partial charge in [-0.25, -0.2) is 4.98 Å². The third-order valence-corrected chi connectivity index (χ3v) is 7.89. The molecular weight excluding hydrogens is 482 g/mol. The average Bonchev–Trinajstić information content (AvgIpc) is 3.56. The van der Waals surface area contributed by atoms with Crippen molar-refractivity contribution in [2.75, 3.05) is 13.1 Å². The van der Waals surface area contributed by atoms with Gasteiger partial charge >= 0.3 is 0 Å². The summed E-state index contributed by atoms with van der Waals surface area (Å²) in [5, 5.41) is 12.3. The largest absolute Gasteiger partial charge is 0.360 e. The smallest absolute Gasteiger partial charge is 0.246 e. The van der Waals surface area contributed by atoms with Crippen LogP contribution in [0.4, 0.5) is 0 Å². The van der Waals surface area contributed by atoms with Gasteiger partial charge in [-0.05, 0) is 32.8 Å². The van der Waals surface area contributed by atoms with Gasteiger partial charge in [0.15, 0.2) is 0 Å². The Morgan fingerprint density at radius 3 is 2.63 bits per heavy atom. The maximum Gasteiger partial charge on any atom is 0.246 e. The van der Waals surface area contributed by atoms with Crippen LogP contribution in [0.5, 0.6) is 0 Å². The van der Waals surface area contributed by atoms with Gasteiger partial charge in [0.2, 0.25) is 5.91 Å². The van der Waals surface area contributed by atoms with Crippen molar-refractivity contribution < 1.29 is 9.32 Å². The molecular formula is C26H26ClN5O2S. The summed E-state index contributed by atoms with van der Waals surface area (Å²) in [6.45, 7) is 5.20. The third-order valence-electron chi connectivity index (χ3n) is 6.43. The summed E-state index contributed by atoms with van der Waals surface area (Å²) in [7, 11) is 1.79. The van der Waals surface area contributed by atoms with Crippen LogP contribution in [0.3, 0.4) is 0 Å². The van der Waals surface area contributed by atoms with Crippen molar-refractivity contribution in [3.05, 3.63) is 69.0 Å². The minimum atomic E-state index is -0.00445. The molecule has 1 aliphatic heterocycles. The molecule has 1 amide bonds. The zero-order valence-electron chi connectivity index (χ0n) is 19.9. The summed E-state index contributed by atoms with van der Waals surface area (Å²) in [5.74, 6) is 1.09. The van der Waals surface area contributed by atoms with E-state index in [1.807, 2.05) is 49.1 Å². The van der Waals surface area contributed by atoms with Crippen LogP contribution in [0.2, 0.25) is 5.15 Å². The molecule has 0 saturated carbocycles. The number of amides is 1. The van der Waals surface area contributed by atoms with Crippen molar-refractivity contribution >= 4 is 34.9 Å². The number of hydrogen-bond donors (Lipinski definition) is 0. The first-order valence-electron chi connectivity index (χ1n) is 11.6. The first-order chi connectivity index (χ1) is 16.9. The molecule has 0 bridgehead atoms. The summed E-state index contributed by atoms with van der Waals surface area (Å²) in [6.07, 6.45) is 5.12. The van der Waals surface area contributed by atoms with E-state index in [1.165, 1.54) is 0 Å². The Kier molecular flexibility index (Phi) is 6.58. The molecule has 0 N–H and O–H groups in total. The van der Waals surface area contributed by atoms with Crippen molar-refractivity contribution in [1.29, 1.82) is 0 Å². The molecule has 0 radical (unpaired) electrons. The molecule has 9 heteroatoms. The van der Waals surface area contributed by atoms with E-state index in [0.717, 1.165) is 57.4 Å². The first-order valence-corrected chi connectivity index (χ1v) is 12.8. The Labute approximate surface area is 213 Å². The molecule has 4 heterocycles. The molecule has 3 aromatic heterocycles. The molecule has 1 saturated heterocycles. The van der Waals surface area contributed by atoms with E-state index < -0.39 is 0 Å². The van der Waals surface area contributed by atoms with Crippen LogP contribution in [0.15, 0.2) is 46.3 Å². The molecule has 7 nitrogen and oxygen atoms in total. The van der Waals surface area contributed by atoms with Gasteiger partial charge in [0.05, 0.1) is 22.0 Å². The fourth-order valence-corrected chi connectivity index (χ4v) is 5.72. The fraction of sp³-hybridized carbons (Fsp3) is 0.308. The van der Waals surface area contributed by atoms with E-state index in [4.69, 9.17) is 21.1 Å². The fourth-order valence-electron chi connectivity index (χ4n) is 4.50. The third kappa shape index (κ3) is 4.68. The molecule has 0 unspecified atom stereocenters. The molecule has 4 aromatic rings. The van der Waals surface area contributed by atoms with Crippen LogP contribution < -0.4 is 0 Å². The maximum absolute atomic E-state index is 12.8. The molecule has 0 spiro atoms. The number of rotatable bonds is 5. The van der Waals surface area contributed by atoms with Crippen molar-refractivity contribution in [2.45, 2.75) is 32.6 Å². The minimum absolute atomic E-state index is 0.00445. The molecule has 5 rings (SSSR count). The second kappa shape index (κ2) is 9.79. The normalized spacial score (nSPS) is 14.8. The number of aryl methyl sites for hydroxylation is 3. The lowest BCUT2D eigenvalue weighted by Gasteiger charge is -2.30. The van der Waals surface area contributed by atoms with Crippen LogP contribution in [0.25, 0.3) is 28.6 Å². The standard InChI is InChI=1S/C26H26ClN5O2S/c1-16-20(25(27)31(3)29-16)9-10-22(33)32-13-11-19(12-14-32)26-28-21(15-35-26)23-17(2)34-30-24(23)18-7-5-4-6-8-18/h4-10,15,19H,11-14H2,1-3H3. The lowest BCUT2D eigenvalue weighted by Crippen LogP contribution is -2.36. The van der Waals surface area contributed by atoms with Gasteiger partial charge < -0.3 is 9.42 Å². The highest BCUT2D eigenvalue weighted by molar-refractivity contribution is 7.10. The summed E-state index contributed by atoms with van der Waals surface area (Å²) in [4.78, 5) is 19.6.